The number of halogens is 1. The van der Waals surface area contributed by atoms with Crippen LogP contribution in [0.5, 0.6) is 0 Å². The van der Waals surface area contributed by atoms with Crippen molar-refractivity contribution in [1.29, 1.82) is 0 Å². The monoisotopic (exact) mass is 289 g/mol. The molecule has 2 atom stereocenters. The highest BCUT2D eigenvalue weighted by Gasteiger charge is 2.37. The maximum Gasteiger partial charge on any atom is 0.0794 e. The van der Waals surface area contributed by atoms with Crippen molar-refractivity contribution in [1.82, 2.24) is 5.32 Å². The molecule has 1 heterocycles. The summed E-state index contributed by atoms with van der Waals surface area (Å²) in [6.07, 6.45) is 2.91. The molecule has 2 unspecified atom stereocenters. The highest BCUT2D eigenvalue weighted by Crippen LogP contribution is 2.41. The quantitative estimate of drug-likeness (QED) is 0.899. The molecule has 2 rings (SSSR count). The van der Waals surface area contributed by atoms with Gasteiger partial charge in [-0.15, -0.1) is 0 Å². The van der Waals surface area contributed by atoms with E-state index in [0.717, 1.165) is 5.92 Å². The Hall–Kier alpha value is 0.1000. The highest BCUT2D eigenvalue weighted by atomic mass is 79.9. The summed E-state index contributed by atoms with van der Waals surface area (Å²) >= 11 is 5.32. The zero-order chi connectivity index (χ0) is 10.8. The Bertz CT molecular complexity index is 324. The fourth-order valence-corrected chi connectivity index (χ4v) is 3.62. The van der Waals surface area contributed by atoms with Crippen LogP contribution in [0.15, 0.2) is 15.2 Å². The topological polar surface area (TPSA) is 21.3 Å². The maximum atomic E-state index is 5.63. The van der Waals surface area contributed by atoms with E-state index >= 15 is 0 Å². The standard InChI is InChI=1S/C11H16BrNOS/c1-13-10(8-5-15-6-9(8)12)11(14-2)7-3-4-7/h5-7,10-11,13H,3-4H2,1-2H3. The minimum absolute atomic E-state index is 0.306. The van der Waals surface area contributed by atoms with E-state index in [-0.39, 0.29) is 0 Å². The van der Waals surface area contributed by atoms with Crippen molar-refractivity contribution in [2.75, 3.05) is 14.2 Å². The Kier molecular flexibility index (Phi) is 3.83. The lowest BCUT2D eigenvalue weighted by Gasteiger charge is -2.25. The first-order chi connectivity index (χ1) is 7.27. The molecule has 15 heavy (non-hydrogen) atoms. The van der Waals surface area contributed by atoms with Crippen LogP contribution in [0, 0.1) is 5.92 Å². The molecular weight excluding hydrogens is 274 g/mol. The number of ether oxygens (including phenoxy) is 1. The molecular formula is C11H16BrNOS. The third-order valence-electron chi connectivity index (χ3n) is 2.98. The first-order valence-electron chi connectivity index (χ1n) is 5.19. The Morgan fingerprint density at radius 3 is 2.67 bits per heavy atom. The smallest absolute Gasteiger partial charge is 0.0794 e. The molecule has 0 radical (unpaired) electrons. The van der Waals surface area contributed by atoms with Gasteiger partial charge in [0.2, 0.25) is 0 Å². The van der Waals surface area contributed by atoms with Crippen molar-refractivity contribution in [3.8, 4) is 0 Å². The molecule has 1 fully saturated rings. The molecule has 4 heteroatoms. The summed E-state index contributed by atoms with van der Waals surface area (Å²) in [4.78, 5) is 0. The van der Waals surface area contributed by atoms with Crippen LogP contribution in [0.2, 0.25) is 0 Å². The van der Waals surface area contributed by atoms with Gasteiger partial charge in [0.05, 0.1) is 12.1 Å². The second-order valence-electron chi connectivity index (χ2n) is 3.98. The van der Waals surface area contributed by atoms with Gasteiger partial charge < -0.3 is 10.1 Å². The molecule has 1 aromatic heterocycles. The summed E-state index contributed by atoms with van der Waals surface area (Å²) in [7, 11) is 3.82. The fraction of sp³-hybridized carbons (Fsp3) is 0.636. The summed E-state index contributed by atoms with van der Waals surface area (Å²) in [5.74, 6) is 0.735. The predicted octanol–water partition coefficient (Wildman–Crippen LogP) is 3.20. The number of rotatable bonds is 5. The van der Waals surface area contributed by atoms with Crippen LogP contribution < -0.4 is 5.32 Å². The van der Waals surface area contributed by atoms with Crippen molar-refractivity contribution in [3.05, 3.63) is 20.8 Å². The van der Waals surface area contributed by atoms with Gasteiger partial charge in [0, 0.05) is 17.0 Å². The van der Waals surface area contributed by atoms with Gasteiger partial charge in [0.15, 0.2) is 0 Å². The molecule has 1 aliphatic rings. The van der Waals surface area contributed by atoms with Crippen LogP contribution in [0.1, 0.15) is 24.4 Å². The lowest BCUT2D eigenvalue weighted by Crippen LogP contribution is -2.32. The third-order valence-corrected chi connectivity index (χ3v) is 4.73. The van der Waals surface area contributed by atoms with Gasteiger partial charge in [0.25, 0.3) is 0 Å². The van der Waals surface area contributed by atoms with E-state index in [2.05, 4.69) is 32.0 Å². The average molecular weight is 290 g/mol. The molecule has 2 nitrogen and oxygen atoms in total. The third kappa shape index (κ3) is 2.44. The number of thiophene rings is 1. The van der Waals surface area contributed by atoms with Crippen LogP contribution in [0.25, 0.3) is 0 Å². The van der Waals surface area contributed by atoms with Gasteiger partial charge in [0.1, 0.15) is 0 Å². The van der Waals surface area contributed by atoms with Crippen LogP contribution in [-0.4, -0.2) is 20.3 Å². The molecule has 0 spiro atoms. The lowest BCUT2D eigenvalue weighted by molar-refractivity contribution is 0.0530. The van der Waals surface area contributed by atoms with Crippen LogP contribution >= 0.6 is 27.3 Å². The molecule has 1 N–H and O–H groups in total. The lowest BCUT2D eigenvalue weighted by atomic mass is 10.0. The van der Waals surface area contributed by atoms with Gasteiger partial charge in [-0.2, -0.15) is 11.3 Å². The van der Waals surface area contributed by atoms with Crippen molar-refractivity contribution in [2.24, 2.45) is 5.92 Å². The van der Waals surface area contributed by atoms with Crippen LogP contribution in [0.4, 0.5) is 0 Å². The second-order valence-corrected chi connectivity index (χ2v) is 5.58. The second kappa shape index (κ2) is 4.95. The molecule has 84 valence electrons. The first kappa shape index (κ1) is 11.6. The highest BCUT2D eigenvalue weighted by molar-refractivity contribution is 9.10. The average Bonchev–Trinajstić information content (AvgIpc) is 2.99. The first-order valence-corrected chi connectivity index (χ1v) is 6.93. The number of methoxy groups -OCH3 is 1. The molecule has 0 aromatic carbocycles. The Labute approximate surface area is 103 Å². The molecule has 1 saturated carbocycles. The molecule has 0 bridgehead atoms. The van der Waals surface area contributed by atoms with E-state index < -0.39 is 0 Å². The summed E-state index contributed by atoms with van der Waals surface area (Å²) < 4.78 is 6.82. The van der Waals surface area contributed by atoms with E-state index in [1.54, 1.807) is 11.3 Å². The normalized spacial score (nSPS) is 20.2. The molecule has 1 aromatic rings. The minimum atomic E-state index is 0.306. The Morgan fingerprint density at radius 2 is 2.27 bits per heavy atom. The zero-order valence-corrected chi connectivity index (χ0v) is 11.4. The molecule has 1 aliphatic carbocycles. The van der Waals surface area contributed by atoms with Gasteiger partial charge in [-0.1, -0.05) is 0 Å². The molecule has 0 saturated heterocycles. The minimum Gasteiger partial charge on any atom is -0.379 e. The van der Waals surface area contributed by atoms with Gasteiger partial charge in [-0.25, -0.2) is 0 Å². The van der Waals surface area contributed by atoms with Crippen molar-refractivity contribution >= 4 is 27.3 Å². The van der Waals surface area contributed by atoms with Crippen LogP contribution in [-0.2, 0) is 4.74 Å². The largest absolute Gasteiger partial charge is 0.379 e. The SMILES string of the molecule is CNC(c1cscc1Br)C(OC)C1CC1. The maximum absolute atomic E-state index is 5.63. The van der Waals surface area contributed by atoms with Crippen molar-refractivity contribution in [2.45, 2.75) is 25.0 Å². The summed E-state index contributed by atoms with van der Waals surface area (Å²) in [5.41, 5.74) is 1.32. The Balaban J connectivity index is 2.18. The summed E-state index contributed by atoms with van der Waals surface area (Å²) in [6.45, 7) is 0. The van der Waals surface area contributed by atoms with E-state index in [1.165, 1.54) is 22.9 Å². The van der Waals surface area contributed by atoms with E-state index in [4.69, 9.17) is 4.74 Å². The zero-order valence-electron chi connectivity index (χ0n) is 9.00. The number of hydrogen-bond donors (Lipinski definition) is 1. The Morgan fingerprint density at radius 1 is 1.53 bits per heavy atom. The van der Waals surface area contributed by atoms with Crippen molar-refractivity contribution < 1.29 is 4.74 Å². The van der Waals surface area contributed by atoms with Gasteiger partial charge in [-0.05, 0) is 52.7 Å². The van der Waals surface area contributed by atoms with Crippen LogP contribution in [0.3, 0.4) is 0 Å². The van der Waals surface area contributed by atoms with E-state index in [1.807, 2.05) is 14.2 Å². The summed E-state index contributed by atoms with van der Waals surface area (Å²) in [5, 5.41) is 7.69. The van der Waals surface area contributed by atoms with E-state index in [0.29, 0.717) is 12.1 Å². The number of hydrogen-bond acceptors (Lipinski definition) is 3. The summed E-state index contributed by atoms with van der Waals surface area (Å²) in [6, 6.07) is 0.308. The van der Waals surface area contributed by atoms with Gasteiger partial charge >= 0.3 is 0 Å². The molecule has 0 amide bonds. The van der Waals surface area contributed by atoms with Gasteiger partial charge in [-0.3, -0.25) is 0 Å². The molecule has 0 aliphatic heterocycles. The number of nitrogens with one attached hydrogen (secondary N) is 1. The van der Waals surface area contributed by atoms with Crippen molar-refractivity contribution in [3.63, 3.8) is 0 Å². The predicted molar refractivity (Wildman–Crippen MR) is 67.3 cm³/mol. The fourth-order valence-electron chi connectivity index (χ4n) is 2.04. The van der Waals surface area contributed by atoms with E-state index in [9.17, 15) is 0 Å². The number of likely N-dealkylation sites (N-methyl/N-ethyl adjacent to an activating group) is 1.